The largest absolute Gasteiger partial charge is 0.491 e. The highest BCUT2D eigenvalue weighted by molar-refractivity contribution is 5.20. The van der Waals surface area contributed by atoms with Crippen LogP contribution in [0.2, 0.25) is 0 Å². The molecule has 0 aliphatic carbocycles. The molecule has 1 N–H and O–H groups in total. The monoisotopic (exact) mass is 286 g/mol. The number of hydrogen-bond acceptors (Lipinski definition) is 4. The number of aliphatic hydroxyl groups excluding tert-OH is 1. The molecule has 1 aromatic heterocycles. The Balaban J connectivity index is 1.78. The summed E-state index contributed by atoms with van der Waals surface area (Å²) in [5, 5.41) is 10.1. The van der Waals surface area contributed by atoms with E-state index in [-0.39, 0.29) is 0 Å². The summed E-state index contributed by atoms with van der Waals surface area (Å²) in [4.78, 5) is 6.47. The topological polar surface area (TPSA) is 45.6 Å². The molecule has 0 spiro atoms. The number of aliphatic hydroxyl groups is 1. The molecule has 4 nitrogen and oxygen atoms in total. The maximum absolute atomic E-state index is 10.1. The number of benzene rings is 1. The molecular weight excluding hydrogens is 264 g/mol. The van der Waals surface area contributed by atoms with Crippen LogP contribution in [-0.4, -0.2) is 40.8 Å². The van der Waals surface area contributed by atoms with Gasteiger partial charge >= 0.3 is 0 Å². The first-order valence-corrected chi connectivity index (χ1v) is 7.26. The Bertz CT molecular complexity index is 505. The van der Waals surface area contributed by atoms with E-state index in [9.17, 15) is 5.11 Å². The van der Waals surface area contributed by atoms with Crippen LogP contribution in [-0.2, 0) is 6.54 Å². The highest BCUT2D eigenvalue weighted by Gasteiger charge is 2.12. The van der Waals surface area contributed by atoms with Gasteiger partial charge in [-0.2, -0.15) is 0 Å². The number of aromatic nitrogens is 1. The van der Waals surface area contributed by atoms with Crippen molar-refractivity contribution in [2.24, 2.45) is 0 Å². The van der Waals surface area contributed by atoms with Crippen LogP contribution in [0.4, 0.5) is 0 Å². The van der Waals surface area contributed by atoms with Gasteiger partial charge < -0.3 is 9.84 Å². The molecule has 0 aliphatic rings. The average molecular weight is 286 g/mol. The third-order valence-electron chi connectivity index (χ3n) is 3.21. The Morgan fingerprint density at radius 3 is 2.57 bits per heavy atom. The molecule has 0 bridgehead atoms. The van der Waals surface area contributed by atoms with E-state index in [0.717, 1.165) is 24.5 Å². The molecule has 0 saturated heterocycles. The van der Waals surface area contributed by atoms with Gasteiger partial charge in [0.25, 0.3) is 0 Å². The second kappa shape index (κ2) is 8.39. The third kappa shape index (κ3) is 5.53. The highest BCUT2D eigenvalue weighted by atomic mass is 16.5. The van der Waals surface area contributed by atoms with Crippen molar-refractivity contribution in [3.05, 3.63) is 60.4 Å². The molecule has 0 fully saturated rings. The predicted molar refractivity (Wildman–Crippen MR) is 83.1 cm³/mol. The van der Waals surface area contributed by atoms with E-state index >= 15 is 0 Å². The standard InChI is InChI=1S/C17H22N2O2/c1-2-19(12-15-8-6-7-11-18-15)13-16(20)14-21-17-9-4-3-5-10-17/h3-11,16,20H,2,12-14H2,1H3. The van der Waals surface area contributed by atoms with E-state index in [1.54, 1.807) is 6.20 Å². The molecule has 112 valence electrons. The zero-order chi connectivity index (χ0) is 14.9. The molecule has 0 aliphatic heterocycles. The summed E-state index contributed by atoms with van der Waals surface area (Å²) in [6.07, 6.45) is 1.27. The van der Waals surface area contributed by atoms with E-state index in [1.165, 1.54) is 0 Å². The molecule has 2 rings (SSSR count). The van der Waals surface area contributed by atoms with E-state index in [4.69, 9.17) is 4.74 Å². The van der Waals surface area contributed by atoms with Crippen molar-refractivity contribution in [1.82, 2.24) is 9.88 Å². The summed E-state index contributed by atoms with van der Waals surface area (Å²) in [6, 6.07) is 15.4. The van der Waals surface area contributed by atoms with Gasteiger partial charge in [0, 0.05) is 19.3 Å². The Kier molecular flexibility index (Phi) is 6.19. The van der Waals surface area contributed by atoms with Crippen LogP contribution in [0.5, 0.6) is 5.75 Å². The average Bonchev–Trinajstić information content (AvgIpc) is 2.54. The maximum atomic E-state index is 10.1. The van der Waals surface area contributed by atoms with Crippen LogP contribution < -0.4 is 4.74 Å². The quantitative estimate of drug-likeness (QED) is 0.809. The van der Waals surface area contributed by atoms with Gasteiger partial charge in [0.15, 0.2) is 0 Å². The number of para-hydroxylation sites is 1. The Morgan fingerprint density at radius 1 is 1.14 bits per heavy atom. The van der Waals surface area contributed by atoms with Crippen molar-refractivity contribution >= 4 is 0 Å². The molecule has 21 heavy (non-hydrogen) atoms. The summed E-state index contributed by atoms with van der Waals surface area (Å²) < 4.78 is 5.57. The van der Waals surface area contributed by atoms with Gasteiger partial charge in [-0.05, 0) is 30.8 Å². The second-order valence-corrected chi connectivity index (χ2v) is 4.93. The van der Waals surface area contributed by atoms with Crippen LogP contribution in [0.3, 0.4) is 0 Å². The number of hydrogen-bond donors (Lipinski definition) is 1. The SMILES string of the molecule is CCN(Cc1ccccn1)CC(O)COc1ccccc1. The molecular formula is C17H22N2O2. The Morgan fingerprint density at radius 2 is 1.90 bits per heavy atom. The number of likely N-dealkylation sites (N-methyl/N-ethyl adjacent to an activating group) is 1. The normalized spacial score (nSPS) is 12.3. The molecule has 1 unspecified atom stereocenters. The van der Waals surface area contributed by atoms with Crippen molar-refractivity contribution in [2.45, 2.75) is 19.6 Å². The first kappa shape index (κ1) is 15.5. The smallest absolute Gasteiger partial charge is 0.119 e. The lowest BCUT2D eigenvalue weighted by Crippen LogP contribution is -2.35. The van der Waals surface area contributed by atoms with Crippen molar-refractivity contribution in [1.29, 1.82) is 0 Å². The van der Waals surface area contributed by atoms with E-state index in [1.807, 2.05) is 48.5 Å². The van der Waals surface area contributed by atoms with Gasteiger partial charge in [-0.15, -0.1) is 0 Å². The number of nitrogens with zero attached hydrogens (tertiary/aromatic N) is 2. The Hall–Kier alpha value is -1.91. The molecule has 4 heteroatoms. The molecule has 2 aromatic rings. The van der Waals surface area contributed by atoms with Crippen LogP contribution in [0, 0.1) is 0 Å². The van der Waals surface area contributed by atoms with E-state index in [2.05, 4.69) is 16.8 Å². The highest BCUT2D eigenvalue weighted by Crippen LogP contribution is 2.09. The maximum Gasteiger partial charge on any atom is 0.119 e. The number of rotatable bonds is 8. The summed E-state index contributed by atoms with van der Waals surface area (Å²) >= 11 is 0. The molecule has 1 atom stereocenters. The summed E-state index contributed by atoms with van der Waals surface area (Å²) in [7, 11) is 0. The fraction of sp³-hybridized carbons (Fsp3) is 0.353. The van der Waals surface area contributed by atoms with Crippen LogP contribution in [0.15, 0.2) is 54.7 Å². The van der Waals surface area contributed by atoms with Crippen LogP contribution >= 0.6 is 0 Å². The summed E-state index contributed by atoms with van der Waals surface area (Å²) in [5.74, 6) is 0.782. The number of pyridine rings is 1. The first-order valence-electron chi connectivity index (χ1n) is 7.26. The summed E-state index contributed by atoms with van der Waals surface area (Å²) in [6.45, 7) is 4.54. The van der Waals surface area contributed by atoms with Gasteiger partial charge in [0.05, 0.1) is 5.69 Å². The minimum Gasteiger partial charge on any atom is -0.491 e. The lowest BCUT2D eigenvalue weighted by molar-refractivity contribution is 0.0671. The fourth-order valence-corrected chi connectivity index (χ4v) is 2.09. The Labute approximate surface area is 126 Å². The van der Waals surface area contributed by atoms with Crippen molar-refractivity contribution in [2.75, 3.05) is 19.7 Å². The van der Waals surface area contributed by atoms with E-state index < -0.39 is 6.10 Å². The van der Waals surface area contributed by atoms with Gasteiger partial charge in [0.2, 0.25) is 0 Å². The van der Waals surface area contributed by atoms with Crippen molar-refractivity contribution in [3.63, 3.8) is 0 Å². The molecule has 0 amide bonds. The van der Waals surface area contributed by atoms with Gasteiger partial charge in [-0.1, -0.05) is 31.2 Å². The van der Waals surface area contributed by atoms with E-state index in [0.29, 0.717) is 13.2 Å². The first-order chi connectivity index (χ1) is 10.3. The molecule has 1 aromatic carbocycles. The van der Waals surface area contributed by atoms with Crippen molar-refractivity contribution in [3.8, 4) is 5.75 Å². The minimum atomic E-state index is -0.520. The van der Waals surface area contributed by atoms with Gasteiger partial charge in [-0.25, -0.2) is 0 Å². The zero-order valence-electron chi connectivity index (χ0n) is 12.4. The zero-order valence-corrected chi connectivity index (χ0v) is 12.4. The fourth-order valence-electron chi connectivity index (χ4n) is 2.09. The van der Waals surface area contributed by atoms with Crippen LogP contribution in [0.25, 0.3) is 0 Å². The summed E-state index contributed by atoms with van der Waals surface area (Å²) in [5.41, 5.74) is 1.01. The van der Waals surface area contributed by atoms with Gasteiger partial charge in [-0.3, -0.25) is 9.88 Å². The van der Waals surface area contributed by atoms with Crippen molar-refractivity contribution < 1.29 is 9.84 Å². The predicted octanol–water partition coefficient (Wildman–Crippen LogP) is 2.34. The minimum absolute atomic E-state index is 0.294. The lowest BCUT2D eigenvalue weighted by Gasteiger charge is -2.23. The molecule has 0 radical (unpaired) electrons. The molecule has 0 saturated carbocycles. The lowest BCUT2D eigenvalue weighted by atomic mass is 10.3. The third-order valence-corrected chi connectivity index (χ3v) is 3.21. The molecule has 1 heterocycles. The number of ether oxygens (including phenoxy) is 1. The van der Waals surface area contributed by atoms with Crippen LogP contribution in [0.1, 0.15) is 12.6 Å². The van der Waals surface area contributed by atoms with Gasteiger partial charge in [0.1, 0.15) is 18.5 Å². The second-order valence-electron chi connectivity index (χ2n) is 4.93.